The number of allylic oxidation sites excluding steroid dienone is 3. The molecule has 0 atom stereocenters. The number of aliphatic imine (C=N–C) groups is 1. The fraction of sp³-hybridized carbons (Fsp3) is 0.188. The lowest BCUT2D eigenvalue weighted by Gasteiger charge is -2.13. The Labute approximate surface area is 101 Å². The first-order valence-electron chi connectivity index (χ1n) is 6.14. The molecule has 0 amide bonds. The summed E-state index contributed by atoms with van der Waals surface area (Å²) in [7, 11) is 0. The maximum absolute atomic E-state index is 4.33. The number of hydrogen-bond donors (Lipinski definition) is 0. The van der Waals surface area contributed by atoms with E-state index in [1.807, 2.05) is 18.5 Å². The van der Waals surface area contributed by atoms with E-state index in [0.29, 0.717) is 0 Å². The van der Waals surface area contributed by atoms with Gasteiger partial charge in [-0.1, -0.05) is 36.4 Å². The van der Waals surface area contributed by atoms with Gasteiger partial charge in [0.15, 0.2) is 0 Å². The summed E-state index contributed by atoms with van der Waals surface area (Å²) < 4.78 is 0. The molecule has 2 aliphatic rings. The third kappa shape index (κ3) is 2.01. The number of fused-ring (bicyclic) bond motifs is 2. The average Bonchev–Trinajstić information content (AvgIpc) is 2.47. The van der Waals surface area contributed by atoms with Crippen molar-refractivity contribution in [2.24, 2.45) is 4.99 Å². The van der Waals surface area contributed by atoms with Crippen LogP contribution in [0.25, 0.3) is 11.6 Å². The molecule has 1 nitrogen and oxygen atoms in total. The van der Waals surface area contributed by atoms with E-state index in [1.165, 1.54) is 34.4 Å². The number of nitrogens with zero attached hydrogens (tertiary/aromatic N) is 1. The normalized spacial score (nSPS) is 25.2. The Morgan fingerprint density at radius 2 is 2.06 bits per heavy atom. The topological polar surface area (TPSA) is 12.4 Å². The fourth-order valence-electron chi connectivity index (χ4n) is 2.46. The molecule has 0 aromatic heterocycles. The quantitative estimate of drug-likeness (QED) is 0.637. The Hall–Kier alpha value is -1.89. The van der Waals surface area contributed by atoms with E-state index < -0.39 is 0 Å². The number of benzene rings is 1. The van der Waals surface area contributed by atoms with Crippen LogP contribution in [0.5, 0.6) is 0 Å². The van der Waals surface area contributed by atoms with Crippen LogP contribution in [-0.4, -0.2) is 6.21 Å². The zero-order valence-corrected chi connectivity index (χ0v) is 9.76. The van der Waals surface area contributed by atoms with E-state index >= 15 is 0 Å². The zero-order valence-electron chi connectivity index (χ0n) is 9.76. The molecule has 1 aliphatic carbocycles. The molecule has 1 heteroatoms. The molecule has 1 aliphatic heterocycles. The van der Waals surface area contributed by atoms with Crippen molar-refractivity contribution in [2.45, 2.75) is 19.3 Å². The van der Waals surface area contributed by atoms with Gasteiger partial charge in [0.05, 0.1) is 0 Å². The highest BCUT2D eigenvalue weighted by Crippen LogP contribution is 2.22. The summed E-state index contributed by atoms with van der Waals surface area (Å²) in [4.78, 5) is 4.33. The van der Waals surface area contributed by atoms with Gasteiger partial charge < -0.3 is 0 Å². The molecule has 1 aromatic rings. The standard InChI is InChI=1S/C16H15N/c1-3-9-15-13(6-1)8-5-11-17-12-14-7-2-4-10-16(14)15/h1,3,5-9,11-12H,2,4,10H2/b11-5-,13-8-,16-15-,17-12?. The van der Waals surface area contributed by atoms with Crippen LogP contribution in [0.3, 0.4) is 0 Å². The van der Waals surface area contributed by atoms with Crippen LogP contribution < -0.4 is 10.4 Å². The van der Waals surface area contributed by atoms with Gasteiger partial charge in [0.1, 0.15) is 0 Å². The Bertz CT molecular complexity index is 630. The second-order valence-corrected chi connectivity index (χ2v) is 4.40. The van der Waals surface area contributed by atoms with Gasteiger partial charge in [-0.3, -0.25) is 4.99 Å². The summed E-state index contributed by atoms with van der Waals surface area (Å²) in [6, 6.07) is 8.59. The Morgan fingerprint density at radius 1 is 1.12 bits per heavy atom. The SMILES string of the molecule is C1=N\C=C/C=c2/cccc/c2=C2\CCCC=C12. The van der Waals surface area contributed by atoms with Crippen LogP contribution in [-0.2, 0) is 0 Å². The number of rotatable bonds is 0. The van der Waals surface area contributed by atoms with Gasteiger partial charge in [-0.25, -0.2) is 0 Å². The first kappa shape index (κ1) is 10.3. The van der Waals surface area contributed by atoms with Crippen LogP contribution in [0.2, 0.25) is 0 Å². The van der Waals surface area contributed by atoms with Crippen molar-refractivity contribution < 1.29 is 0 Å². The zero-order chi connectivity index (χ0) is 11.5. The van der Waals surface area contributed by atoms with Crippen molar-refractivity contribution in [3.8, 4) is 0 Å². The summed E-state index contributed by atoms with van der Waals surface area (Å²) >= 11 is 0. The summed E-state index contributed by atoms with van der Waals surface area (Å²) in [5, 5.41) is 2.65. The highest BCUT2D eigenvalue weighted by molar-refractivity contribution is 5.96. The van der Waals surface area contributed by atoms with Crippen molar-refractivity contribution in [3.63, 3.8) is 0 Å². The predicted molar refractivity (Wildman–Crippen MR) is 73.1 cm³/mol. The van der Waals surface area contributed by atoms with Gasteiger partial charge >= 0.3 is 0 Å². The predicted octanol–water partition coefficient (Wildman–Crippen LogP) is 2.33. The van der Waals surface area contributed by atoms with Gasteiger partial charge in [-0.2, -0.15) is 0 Å². The Morgan fingerprint density at radius 3 is 3.06 bits per heavy atom. The molecular weight excluding hydrogens is 206 g/mol. The second-order valence-electron chi connectivity index (χ2n) is 4.40. The van der Waals surface area contributed by atoms with Crippen molar-refractivity contribution in [1.82, 2.24) is 0 Å². The highest BCUT2D eigenvalue weighted by Gasteiger charge is 2.09. The average molecular weight is 221 g/mol. The second kappa shape index (κ2) is 4.54. The molecule has 0 radical (unpaired) electrons. The molecule has 84 valence electrons. The maximum Gasteiger partial charge on any atom is 0.0340 e. The molecular formula is C16H15N. The van der Waals surface area contributed by atoms with Gasteiger partial charge in [-0.15, -0.1) is 0 Å². The molecule has 0 unspecified atom stereocenters. The molecule has 0 spiro atoms. The smallest absolute Gasteiger partial charge is 0.0340 e. The molecule has 0 fully saturated rings. The minimum absolute atomic E-state index is 1.16. The first-order valence-corrected chi connectivity index (χ1v) is 6.14. The lowest BCUT2D eigenvalue weighted by molar-refractivity contribution is 0.854. The summed E-state index contributed by atoms with van der Waals surface area (Å²) in [5.74, 6) is 0. The first-order chi connectivity index (χ1) is 8.45. The van der Waals surface area contributed by atoms with E-state index in [-0.39, 0.29) is 0 Å². The van der Waals surface area contributed by atoms with Crippen molar-refractivity contribution in [1.29, 1.82) is 0 Å². The van der Waals surface area contributed by atoms with Gasteiger partial charge in [0.2, 0.25) is 0 Å². The highest BCUT2D eigenvalue weighted by atomic mass is 14.7. The summed E-state index contributed by atoms with van der Waals surface area (Å²) in [6.45, 7) is 0. The van der Waals surface area contributed by atoms with Crippen LogP contribution >= 0.6 is 0 Å². The van der Waals surface area contributed by atoms with E-state index in [0.717, 1.165) is 6.42 Å². The van der Waals surface area contributed by atoms with E-state index in [9.17, 15) is 0 Å². The lowest BCUT2D eigenvalue weighted by atomic mass is 9.91. The monoisotopic (exact) mass is 221 g/mol. The minimum atomic E-state index is 1.16. The molecule has 1 heterocycles. The summed E-state index contributed by atoms with van der Waals surface area (Å²) in [6.07, 6.45) is 13.9. The van der Waals surface area contributed by atoms with Crippen molar-refractivity contribution in [2.75, 3.05) is 0 Å². The molecule has 17 heavy (non-hydrogen) atoms. The molecule has 0 bridgehead atoms. The van der Waals surface area contributed by atoms with Crippen LogP contribution in [0.15, 0.2) is 53.2 Å². The molecule has 1 aromatic carbocycles. The van der Waals surface area contributed by atoms with Crippen molar-refractivity contribution in [3.05, 3.63) is 58.6 Å². The van der Waals surface area contributed by atoms with Crippen LogP contribution in [0.4, 0.5) is 0 Å². The van der Waals surface area contributed by atoms with Gasteiger partial charge in [0, 0.05) is 12.4 Å². The Kier molecular flexibility index (Phi) is 2.74. The van der Waals surface area contributed by atoms with Crippen LogP contribution in [0, 0.1) is 0 Å². The minimum Gasteiger partial charge on any atom is -0.264 e. The van der Waals surface area contributed by atoms with Crippen LogP contribution in [0.1, 0.15) is 19.3 Å². The third-order valence-electron chi connectivity index (χ3n) is 3.29. The van der Waals surface area contributed by atoms with E-state index in [1.54, 1.807) is 0 Å². The molecule has 0 saturated heterocycles. The number of hydrogen-bond acceptors (Lipinski definition) is 1. The molecule has 0 saturated carbocycles. The third-order valence-corrected chi connectivity index (χ3v) is 3.29. The summed E-state index contributed by atoms with van der Waals surface area (Å²) in [5.41, 5.74) is 2.74. The Balaban J connectivity index is 2.41. The largest absolute Gasteiger partial charge is 0.264 e. The fourth-order valence-corrected chi connectivity index (χ4v) is 2.46. The van der Waals surface area contributed by atoms with Crippen molar-refractivity contribution >= 4 is 17.9 Å². The molecule has 0 N–H and O–H groups in total. The van der Waals surface area contributed by atoms with Gasteiger partial charge in [-0.05, 0) is 46.9 Å². The van der Waals surface area contributed by atoms with E-state index in [4.69, 9.17) is 0 Å². The van der Waals surface area contributed by atoms with Gasteiger partial charge in [0.25, 0.3) is 0 Å². The lowest BCUT2D eigenvalue weighted by Crippen LogP contribution is -2.27. The maximum atomic E-state index is 4.33. The molecule has 3 rings (SSSR count). The van der Waals surface area contributed by atoms with E-state index in [2.05, 4.69) is 41.4 Å².